The standard InChI is InChI=1S/C36H29N/c1-24-21-29(22-27-9-2-3-11-30(24)27)36-33-14-6-4-12-31(33)35(32-13-5-7-15-34(32)36)26-18-16-25(17-19-26)28-10-8-20-37-23-28/h3-8,10-24,30H,2,9H2,1H3. The summed E-state index contributed by atoms with van der Waals surface area (Å²) in [5, 5.41) is 5.27. The van der Waals surface area contributed by atoms with Gasteiger partial charge in [-0.1, -0.05) is 116 Å². The molecule has 2 aliphatic rings. The van der Waals surface area contributed by atoms with Gasteiger partial charge in [-0.25, -0.2) is 0 Å². The first-order chi connectivity index (χ1) is 18.3. The first-order valence-corrected chi connectivity index (χ1v) is 13.3. The van der Waals surface area contributed by atoms with E-state index in [9.17, 15) is 0 Å². The molecule has 2 atom stereocenters. The minimum Gasteiger partial charge on any atom is -0.264 e. The molecule has 37 heavy (non-hydrogen) atoms. The number of fused-ring (bicyclic) bond motifs is 3. The van der Waals surface area contributed by atoms with E-state index in [4.69, 9.17) is 0 Å². The lowest BCUT2D eigenvalue weighted by Crippen LogP contribution is -2.16. The van der Waals surface area contributed by atoms with Crippen LogP contribution in [0.1, 0.15) is 25.3 Å². The average molecular weight is 476 g/mol. The quantitative estimate of drug-likeness (QED) is 0.187. The van der Waals surface area contributed by atoms with Gasteiger partial charge in [0.1, 0.15) is 0 Å². The molecule has 2 unspecified atom stereocenters. The van der Waals surface area contributed by atoms with Gasteiger partial charge in [-0.2, -0.15) is 0 Å². The third kappa shape index (κ3) is 3.74. The summed E-state index contributed by atoms with van der Waals surface area (Å²) in [5.41, 5.74) is 9.20. The molecule has 0 radical (unpaired) electrons. The fraction of sp³-hybridized carbons (Fsp3) is 0.139. The van der Waals surface area contributed by atoms with Crippen molar-refractivity contribution >= 4 is 27.1 Å². The van der Waals surface area contributed by atoms with E-state index >= 15 is 0 Å². The summed E-state index contributed by atoms with van der Waals surface area (Å²) >= 11 is 0. The fourth-order valence-electron chi connectivity index (χ4n) is 6.37. The lowest BCUT2D eigenvalue weighted by Gasteiger charge is -2.30. The highest BCUT2D eigenvalue weighted by Crippen LogP contribution is 2.45. The Morgan fingerprint density at radius 3 is 1.97 bits per heavy atom. The van der Waals surface area contributed by atoms with Crippen molar-refractivity contribution in [3.63, 3.8) is 0 Å². The van der Waals surface area contributed by atoms with Crippen molar-refractivity contribution in [1.82, 2.24) is 4.98 Å². The summed E-state index contributed by atoms with van der Waals surface area (Å²) in [7, 11) is 0. The van der Waals surface area contributed by atoms with E-state index in [1.807, 2.05) is 18.5 Å². The monoisotopic (exact) mass is 475 g/mol. The van der Waals surface area contributed by atoms with E-state index in [-0.39, 0.29) is 0 Å². The zero-order chi connectivity index (χ0) is 24.8. The number of pyridine rings is 1. The number of nitrogens with zero attached hydrogens (tertiary/aromatic N) is 1. The molecule has 0 saturated carbocycles. The molecule has 0 aliphatic heterocycles. The van der Waals surface area contributed by atoms with Crippen LogP contribution in [0.2, 0.25) is 0 Å². The number of rotatable bonds is 3. The zero-order valence-corrected chi connectivity index (χ0v) is 21.1. The van der Waals surface area contributed by atoms with Crippen molar-refractivity contribution in [3.05, 3.63) is 133 Å². The summed E-state index contributed by atoms with van der Waals surface area (Å²) in [6, 6.07) is 31.0. The van der Waals surface area contributed by atoms with Crippen molar-refractivity contribution in [2.45, 2.75) is 19.8 Å². The lowest BCUT2D eigenvalue weighted by atomic mass is 9.74. The van der Waals surface area contributed by atoms with Gasteiger partial charge < -0.3 is 0 Å². The van der Waals surface area contributed by atoms with Crippen LogP contribution in [-0.2, 0) is 0 Å². The van der Waals surface area contributed by atoms with Crippen LogP contribution in [0.25, 0.3) is 49.4 Å². The Labute approximate surface area is 218 Å². The van der Waals surface area contributed by atoms with Crippen molar-refractivity contribution in [2.24, 2.45) is 11.8 Å². The van der Waals surface area contributed by atoms with E-state index < -0.39 is 0 Å². The van der Waals surface area contributed by atoms with Gasteiger partial charge in [-0.15, -0.1) is 0 Å². The Balaban J connectivity index is 1.46. The van der Waals surface area contributed by atoms with Crippen LogP contribution in [-0.4, -0.2) is 4.98 Å². The molecule has 1 heteroatoms. The normalized spacial score (nSPS) is 18.9. The van der Waals surface area contributed by atoms with Crippen molar-refractivity contribution in [3.8, 4) is 22.3 Å². The van der Waals surface area contributed by atoms with Gasteiger partial charge >= 0.3 is 0 Å². The Bertz CT molecular complexity index is 1660. The largest absolute Gasteiger partial charge is 0.264 e. The van der Waals surface area contributed by atoms with E-state index in [1.165, 1.54) is 55.8 Å². The second-order valence-electron chi connectivity index (χ2n) is 10.4. The van der Waals surface area contributed by atoms with E-state index in [2.05, 4.69) is 115 Å². The highest BCUT2D eigenvalue weighted by Gasteiger charge is 2.26. The van der Waals surface area contributed by atoms with Crippen LogP contribution >= 0.6 is 0 Å². The first-order valence-electron chi connectivity index (χ1n) is 13.3. The van der Waals surface area contributed by atoms with E-state index in [0.717, 1.165) is 12.0 Å². The van der Waals surface area contributed by atoms with Crippen LogP contribution in [0.15, 0.2) is 127 Å². The SMILES string of the molecule is CC1C=C(c2c3ccccc3c(-c3ccc(-c4cccnc4)cc3)c3ccccc23)C=C2CCC=CC21. The van der Waals surface area contributed by atoms with Gasteiger partial charge in [-0.05, 0) is 79.8 Å². The highest BCUT2D eigenvalue weighted by molar-refractivity contribution is 6.19. The minimum absolute atomic E-state index is 0.503. The summed E-state index contributed by atoms with van der Waals surface area (Å²) in [6.07, 6.45) is 15.8. The summed E-state index contributed by atoms with van der Waals surface area (Å²) in [6.45, 7) is 2.37. The predicted molar refractivity (Wildman–Crippen MR) is 157 cm³/mol. The van der Waals surface area contributed by atoms with Gasteiger partial charge in [-0.3, -0.25) is 4.98 Å². The number of benzene rings is 4. The molecule has 1 nitrogen and oxygen atoms in total. The summed E-state index contributed by atoms with van der Waals surface area (Å²) in [4.78, 5) is 4.29. The summed E-state index contributed by atoms with van der Waals surface area (Å²) in [5.74, 6) is 1.05. The van der Waals surface area contributed by atoms with Crippen molar-refractivity contribution in [1.29, 1.82) is 0 Å². The van der Waals surface area contributed by atoms with Crippen LogP contribution in [0.4, 0.5) is 0 Å². The van der Waals surface area contributed by atoms with Crippen LogP contribution < -0.4 is 0 Å². The molecule has 2 aliphatic carbocycles. The molecule has 0 saturated heterocycles. The van der Waals surface area contributed by atoms with Gasteiger partial charge in [0.25, 0.3) is 0 Å². The van der Waals surface area contributed by atoms with E-state index in [0.29, 0.717) is 11.8 Å². The average Bonchev–Trinajstić information content (AvgIpc) is 2.96. The van der Waals surface area contributed by atoms with Crippen molar-refractivity contribution in [2.75, 3.05) is 0 Å². The molecule has 1 heterocycles. The summed E-state index contributed by atoms with van der Waals surface area (Å²) < 4.78 is 0. The second kappa shape index (κ2) is 9.01. The predicted octanol–water partition coefficient (Wildman–Crippen LogP) is 9.65. The Morgan fingerprint density at radius 1 is 0.676 bits per heavy atom. The van der Waals surface area contributed by atoms with Gasteiger partial charge in [0.15, 0.2) is 0 Å². The Kier molecular flexibility index (Phi) is 5.36. The lowest BCUT2D eigenvalue weighted by molar-refractivity contribution is 0.543. The fourth-order valence-corrected chi connectivity index (χ4v) is 6.37. The third-order valence-electron chi connectivity index (χ3n) is 8.11. The molecule has 5 aromatic rings. The van der Waals surface area contributed by atoms with Crippen molar-refractivity contribution < 1.29 is 0 Å². The molecule has 0 amide bonds. The Morgan fingerprint density at radius 2 is 1.32 bits per heavy atom. The minimum atomic E-state index is 0.503. The molecule has 0 fully saturated rings. The highest BCUT2D eigenvalue weighted by atomic mass is 14.6. The van der Waals surface area contributed by atoms with Crippen LogP contribution in [0.5, 0.6) is 0 Å². The molecule has 178 valence electrons. The van der Waals surface area contributed by atoms with Gasteiger partial charge in [0.2, 0.25) is 0 Å². The topological polar surface area (TPSA) is 12.9 Å². The van der Waals surface area contributed by atoms with Gasteiger partial charge in [0, 0.05) is 18.3 Å². The third-order valence-corrected chi connectivity index (χ3v) is 8.11. The molecule has 1 aromatic heterocycles. The van der Waals surface area contributed by atoms with E-state index in [1.54, 1.807) is 5.57 Å². The first kappa shape index (κ1) is 22.0. The molecule has 7 rings (SSSR count). The van der Waals surface area contributed by atoms with Gasteiger partial charge in [0.05, 0.1) is 0 Å². The second-order valence-corrected chi connectivity index (χ2v) is 10.4. The maximum absolute atomic E-state index is 4.29. The molecular weight excluding hydrogens is 446 g/mol. The molecule has 0 bridgehead atoms. The Hall–Kier alpha value is -4.23. The maximum Gasteiger partial charge on any atom is 0.0346 e. The number of aromatic nitrogens is 1. The van der Waals surface area contributed by atoms with Crippen LogP contribution in [0, 0.1) is 11.8 Å². The number of allylic oxidation sites excluding steroid dienone is 6. The maximum atomic E-state index is 4.29. The van der Waals surface area contributed by atoms with Crippen LogP contribution in [0.3, 0.4) is 0 Å². The number of hydrogen-bond donors (Lipinski definition) is 0. The zero-order valence-electron chi connectivity index (χ0n) is 21.1. The molecular formula is C36H29N. The smallest absolute Gasteiger partial charge is 0.0346 e. The molecule has 0 spiro atoms. The number of hydrogen-bond acceptors (Lipinski definition) is 1. The molecule has 4 aromatic carbocycles. The molecule has 0 N–H and O–H groups in total.